The van der Waals surface area contributed by atoms with Gasteiger partial charge in [0.2, 0.25) is 0 Å². The van der Waals surface area contributed by atoms with E-state index in [9.17, 15) is 13.2 Å². The van der Waals surface area contributed by atoms with Gasteiger partial charge in [0.1, 0.15) is 0 Å². The van der Waals surface area contributed by atoms with Gasteiger partial charge in [0.05, 0.1) is 5.92 Å². The Bertz CT molecular complexity index is 109. The molecule has 0 N–H and O–H groups in total. The summed E-state index contributed by atoms with van der Waals surface area (Å²) in [4.78, 5) is 0. The predicted octanol–water partition coefficient (Wildman–Crippen LogP) is 3.14. The van der Waals surface area contributed by atoms with E-state index in [1.54, 1.807) is 13.8 Å². The minimum atomic E-state index is -4.12. The molecular weight excluding hydrogens is 173 g/mol. The number of halogens is 3. The highest BCUT2D eigenvalue weighted by Crippen LogP contribution is 2.36. The topological polar surface area (TPSA) is 0 Å². The smallest absolute Gasteiger partial charge is 0.176 e. The maximum Gasteiger partial charge on any atom is 0.393 e. The first kappa shape index (κ1) is 11.1. The molecule has 0 aliphatic heterocycles. The van der Waals surface area contributed by atoms with Crippen molar-refractivity contribution in [1.82, 2.24) is 0 Å². The highest BCUT2D eigenvalue weighted by atomic mass is 32.1. The first-order valence-electron chi connectivity index (χ1n) is 3.51. The third-order valence-corrected chi connectivity index (χ3v) is 1.94. The molecule has 1 unspecified atom stereocenters. The van der Waals surface area contributed by atoms with Crippen LogP contribution in [0.1, 0.15) is 20.8 Å². The molecule has 0 bridgehead atoms. The van der Waals surface area contributed by atoms with Crippen molar-refractivity contribution in [3.05, 3.63) is 0 Å². The van der Waals surface area contributed by atoms with Gasteiger partial charge in [-0.25, -0.2) is 0 Å². The van der Waals surface area contributed by atoms with Crippen LogP contribution < -0.4 is 0 Å². The molecule has 0 aromatic heterocycles. The van der Waals surface area contributed by atoms with Gasteiger partial charge >= 0.3 is 6.18 Å². The van der Waals surface area contributed by atoms with Gasteiger partial charge in [-0.15, -0.1) is 0 Å². The molecule has 0 heterocycles. The summed E-state index contributed by atoms with van der Waals surface area (Å²) in [5.41, 5.74) is 0. The van der Waals surface area contributed by atoms with Crippen LogP contribution in [0, 0.1) is 11.8 Å². The van der Waals surface area contributed by atoms with Crippen molar-refractivity contribution in [1.29, 1.82) is 0 Å². The number of hydrogen-bond acceptors (Lipinski definition) is 1. The van der Waals surface area contributed by atoms with E-state index in [2.05, 4.69) is 12.6 Å². The Hall–Kier alpha value is 0.140. The molecular formula is C7H13F3S. The lowest BCUT2D eigenvalue weighted by atomic mass is 9.92. The summed E-state index contributed by atoms with van der Waals surface area (Å²) < 4.78 is 36.5. The van der Waals surface area contributed by atoms with E-state index in [-0.39, 0.29) is 0 Å². The van der Waals surface area contributed by atoms with Gasteiger partial charge < -0.3 is 0 Å². The average molecular weight is 186 g/mol. The summed E-state index contributed by atoms with van der Waals surface area (Å²) in [5, 5.41) is -0.630. The Balaban J connectivity index is 4.35. The first-order valence-corrected chi connectivity index (χ1v) is 4.03. The van der Waals surface area contributed by atoms with Crippen LogP contribution in [0.3, 0.4) is 0 Å². The lowest BCUT2D eigenvalue weighted by molar-refractivity contribution is -0.184. The predicted molar refractivity (Wildman–Crippen MR) is 42.8 cm³/mol. The summed E-state index contributed by atoms with van der Waals surface area (Å²) in [5.74, 6) is -1.70. The van der Waals surface area contributed by atoms with Crippen LogP contribution in [-0.2, 0) is 0 Å². The molecule has 2 atom stereocenters. The van der Waals surface area contributed by atoms with Crippen LogP contribution in [0.5, 0.6) is 0 Å². The highest BCUT2D eigenvalue weighted by Gasteiger charge is 2.43. The Labute approximate surface area is 70.6 Å². The van der Waals surface area contributed by atoms with Crippen LogP contribution in [0.15, 0.2) is 0 Å². The van der Waals surface area contributed by atoms with Gasteiger partial charge in [-0.05, 0) is 5.92 Å². The second-order valence-corrected chi connectivity index (χ2v) is 3.87. The normalized spacial score (nSPS) is 18.5. The second kappa shape index (κ2) is 3.70. The third-order valence-electron chi connectivity index (χ3n) is 1.62. The van der Waals surface area contributed by atoms with E-state index in [1.807, 2.05) is 0 Å². The van der Waals surface area contributed by atoms with Crippen molar-refractivity contribution < 1.29 is 13.2 Å². The van der Waals surface area contributed by atoms with Crippen molar-refractivity contribution in [2.75, 3.05) is 0 Å². The molecule has 0 nitrogen and oxygen atoms in total. The van der Waals surface area contributed by atoms with E-state index in [1.165, 1.54) is 6.92 Å². The van der Waals surface area contributed by atoms with Crippen LogP contribution in [0.2, 0.25) is 0 Å². The van der Waals surface area contributed by atoms with E-state index in [0.717, 1.165) is 0 Å². The Morgan fingerprint density at radius 1 is 1.09 bits per heavy atom. The minimum Gasteiger partial charge on any atom is -0.176 e. The summed E-state index contributed by atoms with van der Waals surface area (Å²) in [7, 11) is 0. The van der Waals surface area contributed by atoms with Crippen molar-refractivity contribution in [3.63, 3.8) is 0 Å². The maximum absolute atomic E-state index is 12.2. The molecule has 0 aromatic rings. The standard InChI is InChI=1S/C7H13F3S/c1-4(2)6(5(3)11)7(8,9)10/h4-6,11H,1-3H3/t5?,6-/m0/s1. The molecule has 0 saturated carbocycles. The minimum absolute atomic E-state index is 0.400. The number of rotatable bonds is 2. The zero-order valence-electron chi connectivity index (χ0n) is 6.81. The SMILES string of the molecule is CC(C)[C@@H](C(C)S)C(F)(F)F. The Morgan fingerprint density at radius 3 is 1.45 bits per heavy atom. The van der Waals surface area contributed by atoms with Crippen LogP contribution in [0.25, 0.3) is 0 Å². The van der Waals surface area contributed by atoms with Crippen molar-refractivity contribution >= 4 is 12.6 Å². The lowest BCUT2D eigenvalue weighted by Crippen LogP contribution is -2.33. The fraction of sp³-hybridized carbons (Fsp3) is 1.00. The Morgan fingerprint density at radius 2 is 1.45 bits per heavy atom. The molecule has 0 rings (SSSR count). The highest BCUT2D eigenvalue weighted by molar-refractivity contribution is 7.80. The first-order chi connectivity index (χ1) is 4.76. The molecule has 0 aromatic carbocycles. The zero-order chi connectivity index (χ0) is 9.23. The van der Waals surface area contributed by atoms with Crippen molar-refractivity contribution in [2.45, 2.75) is 32.2 Å². The Kier molecular flexibility index (Phi) is 3.74. The average Bonchev–Trinajstić information content (AvgIpc) is 1.54. The third kappa shape index (κ3) is 3.36. The van der Waals surface area contributed by atoms with Gasteiger partial charge in [0, 0.05) is 5.25 Å². The summed E-state index contributed by atoms with van der Waals surface area (Å²) in [6.07, 6.45) is -4.12. The molecule has 11 heavy (non-hydrogen) atoms. The summed E-state index contributed by atoms with van der Waals surface area (Å²) >= 11 is 3.81. The molecule has 0 aliphatic carbocycles. The number of alkyl halides is 3. The molecule has 0 fully saturated rings. The van der Waals surface area contributed by atoms with Gasteiger partial charge in [-0.3, -0.25) is 0 Å². The van der Waals surface area contributed by atoms with Gasteiger partial charge in [-0.2, -0.15) is 25.8 Å². The van der Waals surface area contributed by atoms with Crippen LogP contribution in [0.4, 0.5) is 13.2 Å². The second-order valence-electron chi connectivity index (χ2n) is 3.05. The van der Waals surface area contributed by atoms with E-state index < -0.39 is 23.3 Å². The van der Waals surface area contributed by atoms with E-state index >= 15 is 0 Å². The number of thiol groups is 1. The monoisotopic (exact) mass is 186 g/mol. The van der Waals surface area contributed by atoms with Crippen molar-refractivity contribution in [2.24, 2.45) is 11.8 Å². The largest absolute Gasteiger partial charge is 0.393 e. The lowest BCUT2D eigenvalue weighted by Gasteiger charge is -2.26. The summed E-state index contributed by atoms with van der Waals surface area (Å²) in [6, 6.07) is 0. The molecule has 4 heteroatoms. The van der Waals surface area contributed by atoms with E-state index in [4.69, 9.17) is 0 Å². The molecule has 0 aliphatic rings. The van der Waals surface area contributed by atoms with Gasteiger partial charge in [0.15, 0.2) is 0 Å². The molecule has 0 spiro atoms. The van der Waals surface area contributed by atoms with E-state index in [0.29, 0.717) is 0 Å². The van der Waals surface area contributed by atoms with Gasteiger partial charge in [0.25, 0.3) is 0 Å². The fourth-order valence-corrected chi connectivity index (χ4v) is 1.72. The molecule has 0 amide bonds. The number of hydrogen-bond donors (Lipinski definition) is 1. The summed E-state index contributed by atoms with van der Waals surface area (Å²) in [6.45, 7) is 4.59. The van der Waals surface area contributed by atoms with Gasteiger partial charge in [-0.1, -0.05) is 20.8 Å². The van der Waals surface area contributed by atoms with Crippen molar-refractivity contribution in [3.8, 4) is 0 Å². The van der Waals surface area contributed by atoms with Crippen LogP contribution >= 0.6 is 12.6 Å². The quantitative estimate of drug-likeness (QED) is 0.629. The zero-order valence-corrected chi connectivity index (χ0v) is 7.71. The van der Waals surface area contributed by atoms with Crippen LogP contribution in [-0.4, -0.2) is 11.4 Å². The molecule has 0 saturated heterocycles. The molecule has 68 valence electrons. The maximum atomic E-state index is 12.2. The fourth-order valence-electron chi connectivity index (χ4n) is 1.21. The molecule has 0 radical (unpaired) electrons.